The van der Waals surface area contributed by atoms with Gasteiger partial charge in [-0.25, -0.2) is 0 Å². The largest absolute Gasteiger partial charge is 0.411 e. The molecule has 0 aromatic heterocycles. The Hall–Kier alpha value is -1.06. The van der Waals surface area contributed by atoms with Crippen molar-refractivity contribution in [1.82, 2.24) is 5.32 Å². The molecule has 1 aromatic carbocycles. The molecule has 0 spiro atoms. The van der Waals surface area contributed by atoms with Crippen molar-refractivity contribution >= 4 is 17.3 Å². The van der Waals surface area contributed by atoms with E-state index >= 15 is 0 Å². The zero-order valence-electron chi connectivity index (χ0n) is 9.65. The minimum Gasteiger partial charge on any atom is -0.411 e. The normalized spacial score (nSPS) is 31.4. The number of aryl methyl sites for hydroxylation is 1. The summed E-state index contributed by atoms with van der Waals surface area (Å²) in [5, 5.41) is 16.9. The van der Waals surface area contributed by atoms with E-state index in [1.54, 1.807) is 0 Å². The predicted octanol–water partition coefficient (Wildman–Crippen LogP) is 2.29. The van der Waals surface area contributed by atoms with Crippen molar-refractivity contribution in [3.8, 4) is 0 Å². The Labute approximate surface area is 105 Å². The van der Waals surface area contributed by atoms with Gasteiger partial charge in [0.2, 0.25) is 0 Å². The molecule has 1 saturated carbocycles. The number of halogens is 1. The third-order valence-electron chi connectivity index (χ3n) is 3.97. The van der Waals surface area contributed by atoms with E-state index in [0.717, 1.165) is 35.0 Å². The van der Waals surface area contributed by atoms with E-state index in [0.29, 0.717) is 17.8 Å². The standard InChI is InChI=1S/C13H15ClN2O/c1-7-4-8(2-3-11(7)14)13(16-17)12-9-5-15-6-10(9)12/h2-4,9-10,12,15,17H,5-6H2,1H3. The highest BCUT2D eigenvalue weighted by atomic mass is 35.5. The summed E-state index contributed by atoms with van der Waals surface area (Å²) in [5.74, 6) is 1.72. The lowest BCUT2D eigenvalue weighted by atomic mass is 10.0. The molecule has 4 heteroatoms. The second kappa shape index (κ2) is 4.00. The molecule has 90 valence electrons. The highest BCUT2D eigenvalue weighted by Gasteiger charge is 2.55. The average Bonchev–Trinajstić information content (AvgIpc) is 2.79. The average molecular weight is 251 g/mol. The van der Waals surface area contributed by atoms with Crippen molar-refractivity contribution < 1.29 is 5.21 Å². The van der Waals surface area contributed by atoms with Gasteiger partial charge in [-0.2, -0.15) is 0 Å². The fourth-order valence-corrected chi connectivity index (χ4v) is 3.06. The van der Waals surface area contributed by atoms with E-state index in [1.165, 1.54) is 0 Å². The van der Waals surface area contributed by atoms with Crippen LogP contribution in [-0.4, -0.2) is 24.0 Å². The summed E-state index contributed by atoms with van der Waals surface area (Å²) >= 11 is 6.01. The Kier molecular flexibility index (Phi) is 2.60. The summed E-state index contributed by atoms with van der Waals surface area (Å²) in [6.45, 7) is 4.05. The van der Waals surface area contributed by atoms with Crippen LogP contribution in [0.3, 0.4) is 0 Å². The van der Waals surface area contributed by atoms with Gasteiger partial charge in [0.05, 0.1) is 5.71 Å². The first-order valence-electron chi connectivity index (χ1n) is 5.91. The lowest BCUT2D eigenvalue weighted by Crippen LogP contribution is -2.19. The van der Waals surface area contributed by atoms with Gasteiger partial charge < -0.3 is 10.5 Å². The molecule has 2 fully saturated rings. The smallest absolute Gasteiger partial charge is 0.0905 e. The lowest BCUT2D eigenvalue weighted by Gasteiger charge is -2.09. The number of fused-ring (bicyclic) bond motifs is 1. The van der Waals surface area contributed by atoms with E-state index in [9.17, 15) is 5.21 Å². The number of hydrogen-bond donors (Lipinski definition) is 2. The summed E-state index contributed by atoms with van der Waals surface area (Å²) < 4.78 is 0. The van der Waals surface area contributed by atoms with Crippen LogP contribution in [0.4, 0.5) is 0 Å². The fraction of sp³-hybridized carbons (Fsp3) is 0.462. The topological polar surface area (TPSA) is 44.6 Å². The number of benzene rings is 1. The molecule has 1 aliphatic carbocycles. The van der Waals surface area contributed by atoms with Gasteiger partial charge in [-0.15, -0.1) is 0 Å². The van der Waals surface area contributed by atoms with Crippen LogP contribution in [0.25, 0.3) is 0 Å². The summed E-state index contributed by atoms with van der Waals surface area (Å²) in [5.41, 5.74) is 2.84. The van der Waals surface area contributed by atoms with Gasteiger partial charge >= 0.3 is 0 Å². The molecular formula is C13H15ClN2O. The minimum atomic E-state index is 0.418. The quantitative estimate of drug-likeness (QED) is 0.481. The van der Waals surface area contributed by atoms with Gasteiger partial charge in [0, 0.05) is 10.9 Å². The molecule has 2 aliphatic rings. The van der Waals surface area contributed by atoms with Crippen molar-refractivity contribution in [2.75, 3.05) is 13.1 Å². The monoisotopic (exact) mass is 250 g/mol. The van der Waals surface area contributed by atoms with E-state index in [4.69, 9.17) is 11.6 Å². The van der Waals surface area contributed by atoms with Crippen LogP contribution >= 0.6 is 11.6 Å². The zero-order valence-corrected chi connectivity index (χ0v) is 10.4. The highest BCUT2D eigenvalue weighted by Crippen LogP contribution is 2.50. The number of rotatable bonds is 2. The molecule has 17 heavy (non-hydrogen) atoms. The molecule has 1 saturated heterocycles. The van der Waals surface area contributed by atoms with Crippen molar-refractivity contribution in [1.29, 1.82) is 0 Å². The first kappa shape index (κ1) is 11.1. The van der Waals surface area contributed by atoms with E-state index in [1.807, 2.05) is 25.1 Å². The maximum absolute atomic E-state index is 9.24. The molecule has 1 aromatic rings. The molecule has 2 N–H and O–H groups in total. The van der Waals surface area contributed by atoms with Gasteiger partial charge in [-0.3, -0.25) is 0 Å². The molecule has 1 heterocycles. The first-order chi connectivity index (χ1) is 8.22. The van der Waals surface area contributed by atoms with Crippen molar-refractivity contribution in [3.63, 3.8) is 0 Å². The molecule has 2 unspecified atom stereocenters. The van der Waals surface area contributed by atoms with Crippen LogP contribution in [0.5, 0.6) is 0 Å². The van der Waals surface area contributed by atoms with Crippen LogP contribution in [0.1, 0.15) is 11.1 Å². The van der Waals surface area contributed by atoms with E-state index in [-0.39, 0.29) is 0 Å². The summed E-state index contributed by atoms with van der Waals surface area (Å²) in [4.78, 5) is 0. The van der Waals surface area contributed by atoms with Crippen LogP contribution in [-0.2, 0) is 0 Å². The van der Waals surface area contributed by atoms with Gasteiger partial charge in [0.1, 0.15) is 0 Å². The minimum absolute atomic E-state index is 0.418. The number of oxime groups is 1. The maximum Gasteiger partial charge on any atom is 0.0905 e. The molecule has 3 rings (SSSR count). The van der Waals surface area contributed by atoms with Crippen molar-refractivity contribution in [2.24, 2.45) is 22.9 Å². The predicted molar refractivity (Wildman–Crippen MR) is 67.9 cm³/mol. The van der Waals surface area contributed by atoms with Crippen LogP contribution in [0.15, 0.2) is 23.4 Å². The third kappa shape index (κ3) is 1.74. The summed E-state index contributed by atoms with van der Waals surface area (Å²) in [6, 6.07) is 5.80. The van der Waals surface area contributed by atoms with E-state index in [2.05, 4.69) is 10.5 Å². The second-order valence-electron chi connectivity index (χ2n) is 4.96. The fourth-order valence-electron chi connectivity index (χ4n) is 2.94. The van der Waals surface area contributed by atoms with Crippen LogP contribution < -0.4 is 5.32 Å². The van der Waals surface area contributed by atoms with Gasteiger partial charge in [-0.05, 0) is 55.1 Å². The Balaban J connectivity index is 1.89. The van der Waals surface area contributed by atoms with Crippen LogP contribution in [0.2, 0.25) is 5.02 Å². The Morgan fingerprint density at radius 2 is 2.12 bits per heavy atom. The first-order valence-corrected chi connectivity index (χ1v) is 6.29. The molecule has 0 bridgehead atoms. The summed E-state index contributed by atoms with van der Waals surface area (Å²) in [6.07, 6.45) is 0. The number of piperidine rings is 1. The molecule has 0 amide bonds. The SMILES string of the molecule is Cc1cc(C(=NO)C2C3CNCC32)ccc1Cl. The Morgan fingerprint density at radius 3 is 2.71 bits per heavy atom. The van der Waals surface area contributed by atoms with E-state index < -0.39 is 0 Å². The van der Waals surface area contributed by atoms with Crippen LogP contribution in [0, 0.1) is 24.7 Å². The molecule has 1 aliphatic heterocycles. The number of nitrogens with one attached hydrogen (secondary N) is 1. The van der Waals surface area contributed by atoms with Gasteiger partial charge in [-0.1, -0.05) is 22.8 Å². The maximum atomic E-state index is 9.24. The molecule has 2 atom stereocenters. The van der Waals surface area contributed by atoms with Gasteiger partial charge in [0.25, 0.3) is 0 Å². The molecular weight excluding hydrogens is 236 g/mol. The molecule has 0 radical (unpaired) electrons. The second-order valence-corrected chi connectivity index (χ2v) is 5.37. The van der Waals surface area contributed by atoms with Crippen molar-refractivity contribution in [2.45, 2.75) is 6.92 Å². The van der Waals surface area contributed by atoms with Crippen molar-refractivity contribution in [3.05, 3.63) is 34.3 Å². The number of nitrogens with zero attached hydrogens (tertiary/aromatic N) is 1. The number of hydrogen-bond acceptors (Lipinski definition) is 3. The lowest BCUT2D eigenvalue weighted by molar-refractivity contribution is 0.316. The zero-order chi connectivity index (χ0) is 12.0. The Bertz CT molecular complexity index is 476. The Morgan fingerprint density at radius 1 is 1.41 bits per heavy atom. The highest BCUT2D eigenvalue weighted by molar-refractivity contribution is 6.31. The van der Waals surface area contributed by atoms with Gasteiger partial charge in [0.15, 0.2) is 0 Å². The summed E-state index contributed by atoms with van der Waals surface area (Å²) in [7, 11) is 0. The molecule has 3 nitrogen and oxygen atoms in total. The third-order valence-corrected chi connectivity index (χ3v) is 4.39.